The van der Waals surface area contributed by atoms with Crippen LogP contribution < -0.4 is 10.1 Å². The summed E-state index contributed by atoms with van der Waals surface area (Å²) in [6.07, 6.45) is 2.49. The molecule has 1 aromatic carbocycles. The van der Waals surface area contributed by atoms with Crippen molar-refractivity contribution in [3.63, 3.8) is 0 Å². The van der Waals surface area contributed by atoms with Gasteiger partial charge in [0.1, 0.15) is 12.4 Å². The molecule has 0 aliphatic carbocycles. The van der Waals surface area contributed by atoms with E-state index in [-0.39, 0.29) is 0 Å². The summed E-state index contributed by atoms with van der Waals surface area (Å²) in [4.78, 5) is 0. The van der Waals surface area contributed by atoms with Crippen LogP contribution in [0.2, 0.25) is 0 Å². The Morgan fingerprint density at radius 2 is 2.40 bits per heavy atom. The molecule has 1 N–H and O–H groups in total. The van der Waals surface area contributed by atoms with Crippen molar-refractivity contribution in [1.29, 1.82) is 0 Å². The van der Waals surface area contributed by atoms with Gasteiger partial charge in [0, 0.05) is 6.04 Å². The lowest BCUT2D eigenvalue weighted by atomic mass is 10.2. The number of ether oxygens (including phenoxy) is 1. The van der Waals surface area contributed by atoms with Gasteiger partial charge in [0.05, 0.1) is 4.47 Å². The van der Waals surface area contributed by atoms with Crippen molar-refractivity contribution in [2.75, 3.05) is 13.2 Å². The number of hydrogen-bond acceptors (Lipinski definition) is 2. The lowest BCUT2D eigenvalue weighted by Crippen LogP contribution is -2.28. The molecule has 82 valence electrons. The van der Waals surface area contributed by atoms with Crippen LogP contribution in [0.1, 0.15) is 18.4 Å². The number of rotatable bonds is 3. The molecule has 1 aromatic rings. The van der Waals surface area contributed by atoms with E-state index in [1.54, 1.807) is 0 Å². The summed E-state index contributed by atoms with van der Waals surface area (Å²) in [5.41, 5.74) is 1.24. The van der Waals surface area contributed by atoms with E-state index in [1.807, 2.05) is 6.07 Å². The van der Waals surface area contributed by atoms with Gasteiger partial charge in [-0.2, -0.15) is 0 Å². The molecule has 15 heavy (non-hydrogen) atoms. The average molecular weight is 270 g/mol. The normalized spacial score (nSPS) is 20.5. The molecule has 0 saturated carbocycles. The molecule has 0 radical (unpaired) electrons. The Bertz CT molecular complexity index is 334. The predicted molar refractivity (Wildman–Crippen MR) is 65.4 cm³/mol. The second-order valence-electron chi connectivity index (χ2n) is 4.04. The van der Waals surface area contributed by atoms with Crippen molar-refractivity contribution >= 4 is 15.9 Å². The molecule has 2 nitrogen and oxygen atoms in total. The smallest absolute Gasteiger partial charge is 0.133 e. The Balaban J connectivity index is 1.92. The van der Waals surface area contributed by atoms with Crippen LogP contribution >= 0.6 is 15.9 Å². The SMILES string of the molecule is Cc1ccc(OCC2CCCN2)c(Br)c1. The molecular formula is C12H16BrNO. The fourth-order valence-electron chi connectivity index (χ4n) is 1.81. The van der Waals surface area contributed by atoms with Gasteiger partial charge >= 0.3 is 0 Å². The summed E-state index contributed by atoms with van der Waals surface area (Å²) in [6.45, 7) is 3.97. The zero-order valence-electron chi connectivity index (χ0n) is 8.92. The first kappa shape index (κ1) is 11.0. The van der Waals surface area contributed by atoms with Crippen LogP contribution in [0.25, 0.3) is 0 Å². The Hall–Kier alpha value is -0.540. The van der Waals surface area contributed by atoms with Gasteiger partial charge in [0.2, 0.25) is 0 Å². The molecule has 0 spiro atoms. The Labute approximate surface area is 99.1 Å². The molecule has 3 heteroatoms. The molecule has 1 aliphatic heterocycles. The third-order valence-electron chi connectivity index (χ3n) is 2.69. The zero-order chi connectivity index (χ0) is 10.7. The summed E-state index contributed by atoms with van der Waals surface area (Å²) in [5, 5.41) is 3.42. The Kier molecular flexibility index (Phi) is 3.65. The van der Waals surface area contributed by atoms with E-state index < -0.39 is 0 Å². The average Bonchev–Trinajstić information content (AvgIpc) is 2.69. The third-order valence-corrected chi connectivity index (χ3v) is 3.31. The maximum Gasteiger partial charge on any atom is 0.133 e. The molecule has 0 amide bonds. The molecule has 1 fully saturated rings. The highest BCUT2D eigenvalue weighted by Crippen LogP contribution is 2.26. The molecule has 0 bridgehead atoms. The minimum atomic E-state index is 0.526. The Morgan fingerprint density at radius 1 is 1.53 bits per heavy atom. The topological polar surface area (TPSA) is 21.3 Å². The number of hydrogen-bond donors (Lipinski definition) is 1. The quantitative estimate of drug-likeness (QED) is 0.911. The van der Waals surface area contributed by atoms with Crippen LogP contribution in [0.4, 0.5) is 0 Å². The maximum absolute atomic E-state index is 5.77. The fourth-order valence-corrected chi connectivity index (χ4v) is 2.42. The largest absolute Gasteiger partial charge is 0.491 e. The van der Waals surface area contributed by atoms with Crippen molar-refractivity contribution < 1.29 is 4.74 Å². The monoisotopic (exact) mass is 269 g/mol. The highest BCUT2D eigenvalue weighted by atomic mass is 79.9. The van der Waals surface area contributed by atoms with Gasteiger partial charge in [-0.25, -0.2) is 0 Å². The van der Waals surface area contributed by atoms with Crippen molar-refractivity contribution in [3.8, 4) is 5.75 Å². The second-order valence-corrected chi connectivity index (χ2v) is 4.89. The minimum Gasteiger partial charge on any atom is -0.491 e. The first-order valence-electron chi connectivity index (χ1n) is 5.38. The molecule has 2 rings (SSSR count). The van der Waals surface area contributed by atoms with Crippen molar-refractivity contribution in [1.82, 2.24) is 5.32 Å². The molecule has 1 unspecified atom stereocenters. The highest BCUT2D eigenvalue weighted by molar-refractivity contribution is 9.10. The predicted octanol–water partition coefficient (Wildman–Crippen LogP) is 2.89. The number of nitrogens with one attached hydrogen (secondary N) is 1. The Morgan fingerprint density at radius 3 is 3.07 bits per heavy atom. The van der Waals surface area contributed by atoms with Gasteiger partial charge in [-0.15, -0.1) is 0 Å². The fraction of sp³-hybridized carbons (Fsp3) is 0.500. The van der Waals surface area contributed by atoms with E-state index in [9.17, 15) is 0 Å². The van der Waals surface area contributed by atoms with Crippen molar-refractivity contribution in [2.45, 2.75) is 25.8 Å². The van der Waals surface area contributed by atoms with E-state index in [0.717, 1.165) is 23.4 Å². The third kappa shape index (κ3) is 2.95. The van der Waals surface area contributed by atoms with Crippen LogP contribution in [0.15, 0.2) is 22.7 Å². The first-order valence-corrected chi connectivity index (χ1v) is 6.17. The van der Waals surface area contributed by atoms with Crippen molar-refractivity contribution in [3.05, 3.63) is 28.2 Å². The van der Waals surface area contributed by atoms with Gasteiger partial charge in [0.25, 0.3) is 0 Å². The molecular weight excluding hydrogens is 254 g/mol. The molecule has 1 saturated heterocycles. The van der Waals surface area contributed by atoms with Gasteiger partial charge in [-0.05, 0) is 59.9 Å². The number of aryl methyl sites for hydroxylation is 1. The first-order chi connectivity index (χ1) is 7.25. The summed E-state index contributed by atoms with van der Waals surface area (Å²) >= 11 is 3.51. The zero-order valence-corrected chi connectivity index (χ0v) is 10.5. The van der Waals surface area contributed by atoms with Crippen LogP contribution in [0.5, 0.6) is 5.75 Å². The van der Waals surface area contributed by atoms with E-state index in [1.165, 1.54) is 18.4 Å². The van der Waals surface area contributed by atoms with Gasteiger partial charge in [-0.1, -0.05) is 6.07 Å². The van der Waals surface area contributed by atoms with Gasteiger partial charge < -0.3 is 10.1 Å². The van der Waals surface area contributed by atoms with Gasteiger partial charge in [-0.3, -0.25) is 0 Å². The maximum atomic E-state index is 5.77. The molecule has 1 aliphatic rings. The summed E-state index contributed by atoms with van der Waals surface area (Å²) in [7, 11) is 0. The van der Waals surface area contributed by atoms with Crippen LogP contribution in [0.3, 0.4) is 0 Å². The molecule has 1 atom stereocenters. The van der Waals surface area contributed by atoms with Crippen LogP contribution in [-0.4, -0.2) is 19.2 Å². The van der Waals surface area contributed by atoms with E-state index in [2.05, 4.69) is 40.3 Å². The van der Waals surface area contributed by atoms with Gasteiger partial charge in [0.15, 0.2) is 0 Å². The summed E-state index contributed by atoms with van der Waals surface area (Å²) in [5.74, 6) is 0.939. The lowest BCUT2D eigenvalue weighted by Gasteiger charge is -2.13. The molecule has 1 heterocycles. The lowest BCUT2D eigenvalue weighted by molar-refractivity contribution is 0.275. The van der Waals surface area contributed by atoms with E-state index >= 15 is 0 Å². The second kappa shape index (κ2) is 4.99. The van der Waals surface area contributed by atoms with E-state index in [0.29, 0.717) is 6.04 Å². The van der Waals surface area contributed by atoms with Crippen LogP contribution in [0, 0.1) is 6.92 Å². The highest BCUT2D eigenvalue weighted by Gasteiger charge is 2.14. The van der Waals surface area contributed by atoms with Crippen molar-refractivity contribution in [2.24, 2.45) is 0 Å². The van der Waals surface area contributed by atoms with E-state index in [4.69, 9.17) is 4.74 Å². The van der Waals surface area contributed by atoms with Crippen LogP contribution in [-0.2, 0) is 0 Å². The number of benzene rings is 1. The number of halogens is 1. The summed E-state index contributed by atoms with van der Waals surface area (Å²) < 4.78 is 6.81. The standard InChI is InChI=1S/C12H16BrNO/c1-9-4-5-12(11(13)7-9)15-8-10-3-2-6-14-10/h4-5,7,10,14H,2-3,6,8H2,1H3. The minimum absolute atomic E-state index is 0.526. The summed E-state index contributed by atoms with van der Waals surface area (Å²) in [6, 6.07) is 6.70. The molecule has 0 aromatic heterocycles.